The van der Waals surface area contributed by atoms with Gasteiger partial charge in [0.2, 0.25) is 0 Å². The van der Waals surface area contributed by atoms with Gasteiger partial charge in [0, 0.05) is 23.8 Å². The van der Waals surface area contributed by atoms with Gasteiger partial charge in [-0.3, -0.25) is 14.4 Å². The van der Waals surface area contributed by atoms with Crippen LogP contribution in [-0.2, 0) is 11.3 Å². The van der Waals surface area contributed by atoms with Crippen molar-refractivity contribution in [2.75, 3.05) is 13.1 Å². The molecule has 1 atom stereocenters. The minimum atomic E-state index is -0.250. The standard InChI is InChI=1S/C19H27N3.CH2O2/c1-4-22-16(3)19(14-20-22)18-10-8-17(9-11-18)15(2)21-12-6-5-7-13-21;2-1-3/h8-11,14-15H,4-7,12-13H2,1-3H3;1H,(H,2,3). The van der Waals surface area contributed by atoms with Crippen molar-refractivity contribution in [1.82, 2.24) is 14.7 Å². The predicted octanol–water partition coefficient (Wildman–Crippen LogP) is 4.13. The fourth-order valence-corrected chi connectivity index (χ4v) is 3.51. The average Bonchev–Trinajstić information content (AvgIpc) is 3.03. The Morgan fingerprint density at radius 2 is 1.80 bits per heavy atom. The van der Waals surface area contributed by atoms with Crippen molar-refractivity contribution in [2.45, 2.75) is 52.6 Å². The number of carboxylic acid groups (broad SMARTS) is 1. The Hall–Kier alpha value is -2.14. The van der Waals surface area contributed by atoms with Crippen molar-refractivity contribution in [1.29, 1.82) is 0 Å². The summed E-state index contributed by atoms with van der Waals surface area (Å²) in [6.07, 6.45) is 6.07. The van der Waals surface area contributed by atoms with Crippen LogP contribution >= 0.6 is 0 Å². The van der Waals surface area contributed by atoms with E-state index in [-0.39, 0.29) is 6.47 Å². The lowest BCUT2D eigenvalue weighted by Gasteiger charge is -2.32. The Balaban J connectivity index is 0.000000701. The van der Waals surface area contributed by atoms with Crippen molar-refractivity contribution in [2.24, 2.45) is 0 Å². The lowest BCUT2D eigenvalue weighted by molar-refractivity contribution is -0.122. The minimum absolute atomic E-state index is 0.250. The van der Waals surface area contributed by atoms with E-state index in [1.54, 1.807) is 0 Å². The molecule has 2 aromatic rings. The van der Waals surface area contributed by atoms with E-state index in [1.807, 2.05) is 6.20 Å². The molecule has 1 N–H and O–H groups in total. The molecule has 0 bridgehead atoms. The molecule has 0 aliphatic carbocycles. The predicted molar refractivity (Wildman–Crippen MR) is 101 cm³/mol. The van der Waals surface area contributed by atoms with Gasteiger partial charge in [-0.05, 0) is 57.8 Å². The number of aromatic nitrogens is 2. The first kappa shape index (κ1) is 19.2. The zero-order valence-electron chi connectivity index (χ0n) is 15.5. The Morgan fingerprint density at radius 3 is 2.32 bits per heavy atom. The van der Waals surface area contributed by atoms with Crippen LogP contribution in [0.4, 0.5) is 0 Å². The molecule has 0 spiro atoms. The molecule has 25 heavy (non-hydrogen) atoms. The van der Waals surface area contributed by atoms with E-state index < -0.39 is 0 Å². The first-order valence-corrected chi connectivity index (χ1v) is 9.07. The largest absolute Gasteiger partial charge is 0.483 e. The quantitative estimate of drug-likeness (QED) is 0.848. The Morgan fingerprint density at radius 1 is 1.20 bits per heavy atom. The van der Waals surface area contributed by atoms with Crippen molar-refractivity contribution >= 4 is 6.47 Å². The van der Waals surface area contributed by atoms with Gasteiger partial charge in [-0.2, -0.15) is 5.10 Å². The fourth-order valence-electron chi connectivity index (χ4n) is 3.51. The number of hydrogen-bond acceptors (Lipinski definition) is 3. The van der Waals surface area contributed by atoms with Crippen molar-refractivity contribution < 1.29 is 9.90 Å². The Kier molecular flexibility index (Phi) is 7.19. The van der Waals surface area contributed by atoms with Gasteiger partial charge in [0.05, 0.1) is 6.20 Å². The van der Waals surface area contributed by atoms with Crippen LogP contribution in [0.5, 0.6) is 0 Å². The topological polar surface area (TPSA) is 58.4 Å². The maximum Gasteiger partial charge on any atom is 0.290 e. The van der Waals surface area contributed by atoms with E-state index >= 15 is 0 Å². The third-order valence-electron chi connectivity index (χ3n) is 5.05. The SMILES string of the molecule is CCn1ncc(-c2ccc(C(C)N3CCCCC3)cc2)c1C.O=CO. The van der Waals surface area contributed by atoms with E-state index in [9.17, 15) is 0 Å². The molecule has 5 nitrogen and oxygen atoms in total. The molecule has 2 heterocycles. The van der Waals surface area contributed by atoms with E-state index in [0.29, 0.717) is 6.04 Å². The number of carbonyl (C=O) groups is 1. The lowest BCUT2D eigenvalue weighted by atomic mass is 9.99. The molecule has 1 fully saturated rings. The summed E-state index contributed by atoms with van der Waals surface area (Å²) in [7, 11) is 0. The van der Waals surface area contributed by atoms with Gasteiger partial charge in [0.1, 0.15) is 0 Å². The molecule has 5 heteroatoms. The molecular formula is C20H29N3O2. The van der Waals surface area contributed by atoms with Gasteiger partial charge in [-0.25, -0.2) is 0 Å². The highest BCUT2D eigenvalue weighted by Crippen LogP contribution is 2.28. The third kappa shape index (κ3) is 4.69. The molecule has 1 aliphatic rings. The van der Waals surface area contributed by atoms with E-state index in [1.165, 1.54) is 54.7 Å². The summed E-state index contributed by atoms with van der Waals surface area (Å²) in [6, 6.07) is 9.60. The summed E-state index contributed by atoms with van der Waals surface area (Å²) >= 11 is 0. The minimum Gasteiger partial charge on any atom is -0.483 e. The van der Waals surface area contributed by atoms with Gasteiger partial charge < -0.3 is 5.11 Å². The highest BCUT2D eigenvalue weighted by atomic mass is 16.3. The smallest absolute Gasteiger partial charge is 0.290 e. The molecule has 1 saturated heterocycles. The van der Waals surface area contributed by atoms with Gasteiger partial charge in [0.15, 0.2) is 0 Å². The summed E-state index contributed by atoms with van der Waals surface area (Å²) < 4.78 is 2.06. The molecule has 1 aromatic heterocycles. The summed E-state index contributed by atoms with van der Waals surface area (Å²) in [5.74, 6) is 0. The van der Waals surface area contributed by atoms with Crippen LogP contribution < -0.4 is 0 Å². The van der Waals surface area contributed by atoms with Gasteiger partial charge >= 0.3 is 0 Å². The molecule has 3 rings (SSSR count). The number of aryl methyl sites for hydroxylation is 1. The van der Waals surface area contributed by atoms with Gasteiger partial charge in [0.25, 0.3) is 6.47 Å². The first-order chi connectivity index (χ1) is 12.1. The van der Waals surface area contributed by atoms with E-state index in [0.717, 1.165) is 6.54 Å². The second-order valence-electron chi connectivity index (χ2n) is 6.46. The van der Waals surface area contributed by atoms with Crippen LogP contribution in [0.2, 0.25) is 0 Å². The number of benzene rings is 1. The maximum absolute atomic E-state index is 8.36. The normalized spacial score (nSPS) is 16.0. The number of hydrogen-bond donors (Lipinski definition) is 1. The van der Waals surface area contributed by atoms with Crippen molar-refractivity contribution in [3.63, 3.8) is 0 Å². The van der Waals surface area contributed by atoms with Crippen LogP contribution in [0.1, 0.15) is 50.4 Å². The molecule has 0 radical (unpaired) electrons. The molecule has 1 aromatic carbocycles. The summed E-state index contributed by atoms with van der Waals surface area (Å²) in [5.41, 5.74) is 5.19. The number of piperidine rings is 1. The second kappa shape index (κ2) is 9.37. The number of rotatable bonds is 4. The fraction of sp³-hybridized carbons (Fsp3) is 0.500. The maximum atomic E-state index is 8.36. The zero-order valence-corrected chi connectivity index (χ0v) is 15.5. The van der Waals surface area contributed by atoms with Crippen LogP contribution in [0.3, 0.4) is 0 Å². The van der Waals surface area contributed by atoms with Gasteiger partial charge in [-0.1, -0.05) is 30.7 Å². The summed E-state index contributed by atoms with van der Waals surface area (Å²) in [4.78, 5) is 11.0. The van der Waals surface area contributed by atoms with E-state index in [4.69, 9.17) is 9.90 Å². The molecule has 1 unspecified atom stereocenters. The lowest BCUT2D eigenvalue weighted by Crippen LogP contribution is -2.32. The van der Waals surface area contributed by atoms with Crippen molar-refractivity contribution in [3.8, 4) is 11.1 Å². The van der Waals surface area contributed by atoms with E-state index in [2.05, 4.69) is 59.7 Å². The Bertz CT molecular complexity index is 658. The van der Waals surface area contributed by atoms with Gasteiger partial charge in [-0.15, -0.1) is 0 Å². The highest BCUT2D eigenvalue weighted by molar-refractivity contribution is 5.65. The number of likely N-dealkylation sites (tertiary alicyclic amines) is 1. The summed E-state index contributed by atoms with van der Waals surface area (Å²) in [5, 5.41) is 11.3. The molecule has 0 amide bonds. The molecule has 0 saturated carbocycles. The first-order valence-electron chi connectivity index (χ1n) is 9.07. The molecular weight excluding hydrogens is 314 g/mol. The van der Waals surface area contributed by atoms with Crippen molar-refractivity contribution in [3.05, 3.63) is 41.7 Å². The molecule has 1 aliphatic heterocycles. The Labute approximate surface area is 150 Å². The molecule has 136 valence electrons. The third-order valence-corrected chi connectivity index (χ3v) is 5.05. The number of nitrogens with zero attached hydrogens (tertiary/aromatic N) is 3. The summed E-state index contributed by atoms with van der Waals surface area (Å²) in [6.45, 7) is 9.77. The second-order valence-corrected chi connectivity index (χ2v) is 6.46. The zero-order chi connectivity index (χ0) is 18.2. The van der Waals surface area contributed by atoms with Crippen LogP contribution in [0.15, 0.2) is 30.5 Å². The highest BCUT2D eigenvalue weighted by Gasteiger charge is 2.18. The monoisotopic (exact) mass is 343 g/mol. The van der Waals surface area contributed by atoms with Crippen LogP contribution in [0.25, 0.3) is 11.1 Å². The van der Waals surface area contributed by atoms with Crippen LogP contribution in [0, 0.1) is 6.92 Å². The average molecular weight is 343 g/mol. The van der Waals surface area contributed by atoms with Crippen LogP contribution in [-0.4, -0.2) is 39.3 Å².